The molecule has 0 spiro atoms. The Labute approximate surface area is 84.0 Å². The fourth-order valence-electron chi connectivity index (χ4n) is 1.26. The number of benzene rings is 1. The summed E-state index contributed by atoms with van der Waals surface area (Å²) in [6.45, 7) is 0.729. The normalized spacial score (nSPS) is 14.2. The summed E-state index contributed by atoms with van der Waals surface area (Å²) in [6, 6.07) is 5.72. The Balaban J connectivity index is 2.58. The van der Waals surface area contributed by atoms with E-state index >= 15 is 0 Å². The predicted molar refractivity (Wildman–Crippen MR) is 49.1 cm³/mol. The van der Waals surface area contributed by atoms with Crippen molar-refractivity contribution in [2.24, 2.45) is 0 Å². The fraction of sp³-hybridized carbons (Fsp3) is 0.222. The van der Waals surface area contributed by atoms with E-state index in [1.807, 2.05) is 6.07 Å². The van der Waals surface area contributed by atoms with Crippen LogP contribution < -0.4 is 4.74 Å². The zero-order valence-corrected chi connectivity index (χ0v) is 8.30. The summed E-state index contributed by atoms with van der Waals surface area (Å²) in [7, 11) is 0. The lowest BCUT2D eigenvalue weighted by Gasteiger charge is -2.18. The Kier molecular flexibility index (Phi) is 2.21. The molecular formula is C9H6BrNO2. The van der Waals surface area contributed by atoms with E-state index in [2.05, 4.69) is 22.0 Å². The van der Waals surface area contributed by atoms with Crippen molar-refractivity contribution in [1.82, 2.24) is 0 Å². The van der Waals surface area contributed by atoms with Crippen LogP contribution in [0.5, 0.6) is 5.75 Å². The minimum Gasteiger partial charge on any atom is -0.466 e. The van der Waals surface area contributed by atoms with Crippen molar-refractivity contribution in [2.45, 2.75) is 6.61 Å². The summed E-state index contributed by atoms with van der Waals surface area (Å²) < 4.78 is 11.2. The predicted octanol–water partition coefficient (Wildman–Crippen LogP) is 2.19. The number of rotatable bonds is 0. The van der Waals surface area contributed by atoms with Crippen LogP contribution in [0.1, 0.15) is 11.1 Å². The summed E-state index contributed by atoms with van der Waals surface area (Å²) in [5, 5.41) is 8.83. The van der Waals surface area contributed by atoms with Crippen molar-refractivity contribution < 1.29 is 9.47 Å². The Bertz CT molecular complexity index is 384. The average molecular weight is 240 g/mol. The number of hydrogen-bond acceptors (Lipinski definition) is 3. The minimum absolute atomic E-state index is 0.226. The largest absolute Gasteiger partial charge is 0.466 e. The van der Waals surface area contributed by atoms with Gasteiger partial charge in [-0.15, -0.1) is 0 Å². The molecule has 1 aromatic carbocycles. The third kappa shape index (κ3) is 1.53. The van der Waals surface area contributed by atoms with Crippen LogP contribution in [0.2, 0.25) is 0 Å². The van der Waals surface area contributed by atoms with Crippen molar-refractivity contribution in [3.8, 4) is 11.8 Å². The first kappa shape index (κ1) is 8.54. The molecule has 1 aromatic rings. The van der Waals surface area contributed by atoms with Gasteiger partial charge in [-0.05, 0) is 12.1 Å². The van der Waals surface area contributed by atoms with Gasteiger partial charge in [0.05, 0.1) is 12.2 Å². The first-order valence-electron chi connectivity index (χ1n) is 3.74. The number of fused-ring (bicyclic) bond motifs is 1. The molecule has 0 aromatic heterocycles. The second kappa shape index (κ2) is 3.36. The van der Waals surface area contributed by atoms with Crippen molar-refractivity contribution in [1.29, 1.82) is 5.26 Å². The zero-order valence-electron chi connectivity index (χ0n) is 6.71. The van der Waals surface area contributed by atoms with Gasteiger partial charge in [-0.25, -0.2) is 0 Å². The molecule has 4 heteroatoms. The van der Waals surface area contributed by atoms with Gasteiger partial charge < -0.3 is 9.47 Å². The summed E-state index contributed by atoms with van der Waals surface area (Å²) in [5.41, 5.74) is 1.46. The third-order valence-corrected chi connectivity index (χ3v) is 2.25. The Morgan fingerprint density at radius 2 is 2.31 bits per heavy atom. The quantitative estimate of drug-likeness (QED) is 0.697. The molecule has 66 valence electrons. The molecule has 0 amide bonds. The van der Waals surface area contributed by atoms with Gasteiger partial charge >= 0.3 is 0 Å². The van der Waals surface area contributed by atoms with E-state index in [-0.39, 0.29) is 6.79 Å². The first-order valence-corrected chi connectivity index (χ1v) is 4.53. The van der Waals surface area contributed by atoms with Gasteiger partial charge in [-0.2, -0.15) is 5.26 Å². The Morgan fingerprint density at radius 1 is 1.46 bits per heavy atom. The maximum Gasteiger partial charge on any atom is 0.189 e. The SMILES string of the molecule is N#Cc1cc(Br)cc2c1OCOC2. The average Bonchev–Trinajstić information content (AvgIpc) is 2.16. The molecule has 2 rings (SSSR count). The molecule has 1 heterocycles. The molecule has 13 heavy (non-hydrogen) atoms. The number of halogens is 1. The van der Waals surface area contributed by atoms with E-state index in [1.54, 1.807) is 6.07 Å². The van der Waals surface area contributed by atoms with E-state index < -0.39 is 0 Å². The molecule has 3 nitrogen and oxygen atoms in total. The smallest absolute Gasteiger partial charge is 0.189 e. The topological polar surface area (TPSA) is 42.2 Å². The van der Waals surface area contributed by atoms with Gasteiger partial charge in [-0.1, -0.05) is 15.9 Å². The maximum atomic E-state index is 8.83. The molecule has 0 radical (unpaired) electrons. The lowest BCUT2D eigenvalue weighted by Crippen LogP contribution is -2.12. The monoisotopic (exact) mass is 239 g/mol. The first-order chi connectivity index (χ1) is 6.31. The Morgan fingerprint density at radius 3 is 3.08 bits per heavy atom. The van der Waals surface area contributed by atoms with Crippen molar-refractivity contribution in [3.05, 3.63) is 27.7 Å². The molecule has 0 saturated carbocycles. The highest BCUT2D eigenvalue weighted by molar-refractivity contribution is 9.10. The van der Waals surface area contributed by atoms with Crippen LogP contribution in [0.3, 0.4) is 0 Å². The highest BCUT2D eigenvalue weighted by atomic mass is 79.9. The van der Waals surface area contributed by atoms with Gasteiger partial charge in [0.25, 0.3) is 0 Å². The van der Waals surface area contributed by atoms with Crippen LogP contribution in [-0.2, 0) is 11.3 Å². The Hall–Kier alpha value is -1.05. The summed E-state index contributed by atoms with van der Waals surface area (Å²) in [4.78, 5) is 0. The maximum absolute atomic E-state index is 8.83. The van der Waals surface area contributed by atoms with Gasteiger partial charge in [0.1, 0.15) is 11.8 Å². The van der Waals surface area contributed by atoms with Crippen LogP contribution in [0.4, 0.5) is 0 Å². The van der Waals surface area contributed by atoms with E-state index in [9.17, 15) is 0 Å². The number of hydrogen-bond donors (Lipinski definition) is 0. The standard InChI is InChI=1S/C9H6BrNO2/c10-8-1-6(3-11)9-7(2-8)4-12-5-13-9/h1-2H,4-5H2. The molecule has 0 fully saturated rings. The summed E-state index contributed by atoms with van der Waals surface area (Å²) in [6.07, 6.45) is 0. The molecule has 1 aliphatic rings. The lowest BCUT2D eigenvalue weighted by atomic mass is 10.1. The second-order valence-electron chi connectivity index (χ2n) is 2.66. The molecule has 0 saturated heterocycles. The molecule has 0 N–H and O–H groups in total. The number of nitriles is 1. The van der Waals surface area contributed by atoms with E-state index in [0.717, 1.165) is 10.0 Å². The van der Waals surface area contributed by atoms with E-state index in [4.69, 9.17) is 14.7 Å². The molecule has 1 aliphatic heterocycles. The van der Waals surface area contributed by atoms with Crippen LogP contribution in [0.15, 0.2) is 16.6 Å². The van der Waals surface area contributed by atoms with E-state index in [0.29, 0.717) is 17.9 Å². The fourth-order valence-corrected chi connectivity index (χ4v) is 1.77. The highest BCUT2D eigenvalue weighted by Crippen LogP contribution is 2.30. The lowest BCUT2D eigenvalue weighted by molar-refractivity contribution is -0.0166. The summed E-state index contributed by atoms with van der Waals surface area (Å²) >= 11 is 3.32. The number of ether oxygens (including phenoxy) is 2. The molecular weight excluding hydrogens is 234 g/mol. The van der Waals surface area contributed by atoms with Gasteiger partial charge in [-0.3, -0.25) is 0 Å². The van der Waals surface area contributed by atoms with Gasteiger partial charge in [0.2, 0.25) is 0 Å². The highest BCUT2D eigenvalue weighted by Gasteiger charge is 2.15. The van der Waals surface area contributed by atoms with Crippen LogP contribution in [0.25, 0.3) is 0 Å². The van der Waals surface area contributed by atoms with E-state index in [1.165, 1.54) is 0 Å². The molecule has 0 aliphatic carbocycles. The van der Waals surface area contributed by atoms with Crippen LogP contribution in [0, 0.1) is 11.3 Å². The minimum atomic E-state index is 0.226. The van der Waals surface area contributed by atoms with Crippen LogP contribution in [-0.4, -0.2) is 6.79 Å². The van der Waals surface area contributed by atoms with Crippen molar-refractivity contribution >= 4 is 15.9 Å². The molecule has 0 atom stereocenters. The summed E-state index contributed by atoms with van der Waals surface area (Å²) in [5.74, 6) is 0.650. The molecule has 0 unspecified atom stereocenters. The van der Waals surface area contributed by atoms with Gasteiger partial charge in [0.15, 0.2) is 6.79 Å². The third-order valence-electron chi connectivity index (χ3n) is 1.80. The van der Waals surface area contributed by atoms with Crippen molar-refractivity contribution in [2.75, 3.05) is 6.79 Å². The van der Waals surface area contributed by atoms with Crippen molar-refractivity contribution in [3.63, 3.8) is 0 Å². The van der Waals surface area contributed by atoms with Crippen LogP contribution >= 0.6 is 15.9 Å². The van der Waals surface area contributed by atoms with Gasteiger partial charge in [0, 0.05) is 10.0 Å². The zero-order chi connectivity index (χ0) is 9.26. The second-order valence-corrected chi connectivity index (χ2v) is 3.58. The number of nitrogens with zero attached hydrogens (tertiary/aromatic N) is 1. The molecule has 0 bridgehead atoms.